The van der Waals surface area contributed by atoms with Crippen LogP contribution in [0.1, 0.15) is 11.1 Å². The minimum atomic E-state index is -0.506. The number of amides is 3. The number of imide groups is 1. The minimum Gasteiger partial charge on any atom is -0.496 e. The van der Waals surface area contributed by atoms with E-state index in [2.05, 4.69) is 21.2 Å². The van der Waals surface area contributed by atoms with Crippen molar-refractivity contribution in [1.82, 2.24) is 10.2 Å². The molecular weight excluding hydrogens is 391 g/mol. The van der Waals surface area contributed by atoms with Crippen LogP contribution in [0.3, 0.4) is 0 Å². The average molecular weight is 405 g/mol. The first-order valence-electron chi connectivity index (χ1n) is 7.40. The first-order valence-corrected chi connectivity index (χ1v) is 8.20. The van der Waals surface area contributed by atoms with Gasteiger partial charge < -0.3 is 10.1 Å². The zero-order valence-electron chi connectivity index (χ0n) is 13.3. The number of carbonyl (C=O) groups is 2. The van der Waals surface area contributed by atoms with Crippen molar-refractivity contribution in [3.8, 4) is 5.75 Å². The highest BCUT2D eigenvalue weighted by Crippen LogP contribution is 2.27. The SMILES string of the molecule is COc1ccc(/C=C2/NC(=O)N(Cc3ccc(F)cc3)C2=O)cc1Br. The predicted octanol–water partition coefficient (Wildman–Crippen LogP) is 3.69. The zero-order valence-corrected chi connectivity index (χ0v) is 14.8. The molecule has 0 spiro atoms. The van der Waals surface area contributed by atoms with E-state index in [0.29, 0.717) is 11.3 Å². The third-order valence-corrected chi connectivity index (χ3v) is 4.32. The second-order valence-corrected chi connectivity index (χ2v) is 6.25. The topological polar surface area (TPSA) is 58.6 Å². The van der Waals surface area contributed by atoms with Crippen molar-refractivity contribution in [3.05, 3.63) is 69.6 Å². The molecule has 128 valence electrons. The Hall–Kier alpha value is -2.67. The summed E-state index contributed by atoms with van der Waals surface area (Å²) < 4.78 is 18.9. The van der Waals surface area contributed by atoms with Crippen molar-refractivity contribution in [1.29, 1.82) is 0 Å². The number of urea groups is 1. The van der Waals surface area contributed by atoms with Gasteiger partial charge in [0.25, 0.3) is 5.91 Å². The lowest BCUT2D eigenvalue weighted by atomic mass is 10.1. The predicted molar refractivity (Wildman–Crippen MR) is 94.2 cm³/mol. The van der Waals surface area contributed by atoms with Crippen LogP contribution in [0.5, 0.6) is 5.75 Å². The Labute approximate surface area is 152 Å². The van der Waals surface area contributed by atoms with Gasteiger partial charge in [-0.3, -0.25) is 9.69 Å². The Kier molecular flexibility index (Phi) is 4.85. The van der Waals surface area contributed by atoms with E-state index in [9.17, 15) is 14.0 Å². The van der Waals surface area contributed by atoms with Crippen molar-refractivity contribution in [2.24, 2.45) is 0 Å². The Morgan fingerprint density at radius 2 is 1.92 bits per heavy atom. The summed E-state index contributed by atoms with van der Waals surface area (Å²) in [6, 6.07) is 10.5. The van der Waals surface area contributed by atoms with Crippen LogP contribution in [0.25, 0.3) is 6.08 Å². The maximum atomic E-state index is 13.0. The molecule has 5 nitrogen and oxygen atoms in total. The molecule has 1 aliphatic rings. The Morgan fingerprint density at radius 3 is 2.56 bits per heavy atom. The van der Waals surface area contributed by atoms with Gasteiger partial charge in [-0.25, -0.2) is 9.18 Å². The number of rotatable bonds is 4. The van der Waals surface area contributed by atoms with Crippen LogP contribution >= 0.6 is 15.9 Å². The first-order chi connectivity index (χ1) is 12.0. The van der Waals surface area contributed by atoms with Gasteiger partial charge in [0.05, 0.1) is 18.1 Å². The number of benzene rings is 2. The molecule has 0 saturated carbocycles. The molecule has 7 heteroatoms. The van der Waals surface area contributed by atoms with Crippen LogP contribution in [0, 0.1) is 5.82 Å². The molecule has 2 aromatic carbocycles. The van der Waals surface area contributed by atoms with Crippen LogP contribution in [0.2, 0.25) is 0 Å². The number of hydrogen-bond donors (Lipinski definition) is 1. The summed E-state index contributed by atoms with van der Waals surface area (Å²) in [6.07, 6.45) is 1.59. The maximum absolute atomic E-state index is 13.0. The van der Waals surface area contributed by atoms with Crippen molar-refractivity contribution < 1.29 is 18.7 Å². The molecule has 3 amide bonds. The largest absolute Gasteiger partial charge is 0.496 e. The van der Waals surface area contributed by atoms with Crippen LogP contribution < -0.4 is 10.1 Å². The minimum absolute atomic E-state index is 0.0780. The standard InChI is InChI=1S/C18H14BrFN2O3/c1-25-16-7-4-12(8-14(16)19)9-15-17(23)22(18(24)21-15)10-11-2-5-13(20)6-3-11/h2-9H,10H2,1H3,(H,21,24)/b15-9+. The summed E-state index contributed by atoms with van der Waals surface area (Å²) in [6.45, 7) is 0.0780. The lowest BCUT2D eigenvalue weighted by Gasteiger charge is -2.11. The lowest BCUT2D eigenvalue weighted by molar-refractivity contribution is -0.123. The van der Waals surface area contributed by atoms with E-state index in [1.165, 1.54) is 24.3 Å². The summed E-state index contributed by atoms with van der Waals surface area (Å²) >= 11 is 3.38. The fraction of sp³-hybridized carbons (Fsp3) is 0.111. The zero-order chi connectivity index (χ0) is 18.0. The van der Waals surface area contributed by atoms with Crippen LogP contribution in [0.15, 0.2) is 52.6 Å². The first kappa shape index (κ1) is 17.2. The third-order valence-electron chi connectivity index (χ3n) is 3.70. The molecule has 0 aromatic heterocycles. The number of carbonyl (C=O) groups excluding carboxylic acids is 2. The number of methoxy groups -OCH3 is 1. The fourth-order valence-electron chi connectivity index (χ4n) is 2.43. The summed E-state index contributed by atoms with van der Waals surface area (Å²) in [5, 5.41) is 2.56. The molecular formula is C18H14BrFN2O3. The molecule has 1 aliphatic heterocycles. The van der Waals surface area contributed by atoms with E-state index in [4.69, 9.17) is 4.74 Å². The van der Waals surface area contributed by atoms with Crippen LogP contribution in [-0.4, -0.2) is 23.9 Å². The Balaban J connectivity index is 1.80. The summed E-state index contributed by atoms with van der Waals surface area (Å²) in [5.41, 5.74) is 1.59. The van der Waals surface area contributed by atoms with E-state index in [-0.39, 0.29) is 18.1 Å². The van der Waals surface area contributed by atoms with Gasteiger partial charge in [0.15, 0.2) is 0 Å². The number of nitrogens with one attached hydrogen (secondary N) is 1. The molecule has 1 N–H and O–H groups in total. The van der Waals surface area contributed by atoms with Gasteiger partial charge in [-0.2, -0.15) is 0 Å². The van der Waals surface area contributed by atoms with Gasteiger partial charge >= 0.3 is 6.03 Å². The summed E-state index contributed by atoms with van der Waals surface area (Å²) in [7, 11) is 1.56. The monoisotopic (exact) mass is 404 g/mol. The number of hydrogen-bond acceptors (Lipinski definition) is 3. The smallest absolute Gasteiger partial charge is 0.329 e. The summed E-state index contributed by atoms with van der Waals surface area (Å²) in [4.78, 5) is 25.6. The number of nitrogens with zero attached hydrogens (tertiary/aromatic N) is 1. The molecule has 0 atom stereocenters. The second-order valence-electron chi connectivity index (χ2n) is 5.40. The van der Waals surface area contributed by atoms with Crippen molar-refractivity contribution in [2.75, 3.05) is 7.11 Å². The van der Waals surface area contributed by atoms with Gasteiger partial charge in [0.2, 0.25) is 0 Å². The fourth-order valence-corrected chi connectivity index (χ4v) is 2.99. The van der Waals surface area contributed by atoms with E-state index < -0.39 is 11.9 Å². The molecule has 0 aliphatic carbocycles. The summed E-state index contributed by atoms with van der Waals surface area (Å²) in [5.74, 6) is -0.130. The highest BCUT2D eigenvalue weighted by molar-refractivity contribution is 9.10. The van der Waals surface area contributed by atoms with Gasteiger partial charge in [0, 0.05) is 0 Å². The van der Waals surface area contributed by atoms with Crippen LogP contribution in [0.4, 0.5) is 9.18 Å². The van der Waals surface area contributed by atoms with Gasteiger partial charge in [0.1, 0.15) is 17.3 Å². The van der Waals surface area contributed by atoms with Crippen LogP contribution in [-0.2, 0) is 11.3 Å². The molecule has 25 heavy (non-hydrogen) atoms. The van der Waals surface area contributed by atoms with E-state index in [0.717, 1.165) is 14.9 Å². The van der Waals surface area contributed by atoms with Crippen molar-refractivity contribution in [3.63, 3.8) is 0 Å². The lowest BCUT2D eigenvalue weighted by Crippen LogP contribution is -2.30. The highest BCUT2D eigenvalue weighted by Gasteiger charge is 2.33. The molecule has 1 fully saturated rings. The second kappa shape index (κ2) is 7.06. The number of ether oxygens (including phenoxy) is 1. The molecule has 0 radical (unpaired) electrons. The Morgan fingerprint density at radius 1 is 1.20 bits per heavy atom. The molecule has 0 bridgehead atoms. The third kappa shape index (κ3) is 3.71. The Bertz CT molecular complexity index is 865. The quantitative estimate of drug-likeness (QED) is 0.624. The molecule has 3 rings (SSSR count). The molecule has 1 heterocycles. The number of halogens is 2. The van der Waals surface area contributed by atoms with E-state index in [1.807, 2.05) is 0 Å². The van der Waals surface area contributed by atoms with Gasteiger partial charge in [-0.1, -0.05) is 18.2 Å². The molecule has 2 aromatic rings. The average Bonchev–Trinajstić information content (AvgIpc) is 2.84. The maximum Gasteiger partial charge on any atom is 0.329 e. The highest BCUT2D eigenvalue weighted by atomic mass is 79.9. The van der Waals surface area contributed by atoms with E-state index >= 15 is 0 Å². The normalized spacial score (nSPS) is 15.6. The molecule has 1 saturated heterocycles. The van der Waals surface area contributed by atoms with Gasteiger partial charge in [-0.15, -0.1) is 0 Å². The van der Waals surface area contributed by atoms with Crippen molar-refractivity contribution >= 4 is 33.9 Å². The van der Waals surface area contributed by atoms with Gasteiger partial charge in [-0.05, 0) is 57.4 Å². The van der Waals surface area contributed by atoms with E-state index in [1.54, 1.807) is 31.4 Å². The van der Waals surface area contributed by atoms with Crippen molar-refractivity contribution in [2.45, 2.75) is 6.54 Å². The molecule has 0 unspecified atom stereocenters.